The van der Waals surface area contributed by atoms with Crippen molar-refractivity contribution in [2.24, 2.45) is 17.4 Å². The molecule has 0 bridgehead atoms. The van der Waals surface area contributed by atoms with E-state index in [4.69, 9.17) is 11.5 Å². The third kappa shape index (κ3) is 24.2. The van der Waals surface area contributed by atoms with E-state index in [9.17, 15) is 4.79 Å². The van der Waals surface area contributed by atoms with Gasteiger partial charge < -0.3 is 22.1 Å². The third-order valence-corrected chi connectivity index (χ3v) is 6.39. The molecule has 0 rings (SSSR count). The summed E-state index contributed by atoms with van der Waals surface area (Å²) in [5.41, 5.74) is 13.0. The van der Waals surface area contributed by atoms with Gasteiger partial charge in [-0.15, -0.1) is 0 Å². The van der Waals surface area contributed by atoms with Crippen molar-refractivity contribution < 1.29 is 4.79 Å². The lowest BCUT2D eigenvalue weighted by molar-refractivity contribution is -0.120. The summed E-state index contributed by atoms with van der Waals surface area (Å²) >= 11 is 0. The molecule has 2 atom stereocenters. The summed E-state index contributed by atoms with van der Waals surface area (Å²) in [5, 5.41) is 6.97. The van der Waals surface area contributed by atoms with Crippen molar-refractivity contribution >= 4 is 5.78 Å². The van der Waals surface area contributed by atoms with Gasteiger partial charge in [0, 0.05) is 6.42 Å². The van der Waals surface area contributed by atoms with E-state index >= 15 is 0 Å². The van der Waals surface area contributed by atoms with Crippen molar-refractivity contribution in [2.45, 2.75) is 123 Å². The smallest absolute Gasteiger partial charge is 0.149 e. The minimum Gasteiger partial charge on any atom is -0.330 e. The molecule has 0 heterocycles. The molecule has 33 heavy (non-hydrogen) atoms. The van der Waals surface area contributed by atoms with Crippen molar-refractivity contribution in [3.05, 3.63) is 11.6 Å². The number of nitrogens with one attached hydrogen (secondary N) is 2. The van der Waals surface area contributed by atoms with Crippen molar-refractivity contribution in [3.63, 3.8) is 0 Å². The number of hydrogen-bond donors (Lipinski definition) is 4. The second kappa shape index (κ2) is 24.4. The van der Waals surface area contributed by atoms with Crippen LogP contribution in [0, 0.1) is 5.92 Å². The van der Waals surface area contributed by atoms with E-state index in [1.165, 1.54) is 56.9 Å². The number of rotatable bonds is 25. The minimum absolute atomic E-state index is 0.258. The second-order valence-corrected chi connectivity index (χ2v) is 10.2. The van der Waals surface area contributed by atoms with Gasteiger partial charge >= 0.3 is 0 Å². The Morgan fingerprint density at radius 3 is 2.00 bits per heavy atom. The number of allylic oxidation sites excluding steroid dienone is 2. The Labute approximate surface area is 206 Å². The average molecular weight is 467 g/mol. The number of carbonyl (C=O) groups is 1. The van der Waals surface area contributed by atoms with Crippen LogP contribution in [0.2, 0.25) is 0 Å². The molecule has 0 amide bonds. The third-order valence-electron chi connectivity index (χ3n) is 6.39. The fourth-order valence-electron chi connectivity index (χ4n) is 4.02. The van der Waals surface area contributed by atoms with E-state index in [1.807, 2.05) is 0 Å². The minimum atomic E-state index is -0.258. The van der Waals surface area contributed by atoms with Crippen molar-refractivity contribution in [1.82, 2.24) is 10.6 Å². The number of ketones is 1. The van der Waals surface area contributed by atoms with Gasteiger partial charge in [0.1, 0.15) is 5.78 Å². The molecule has 0 fully saturated rings. The molecule has 0 aliphatic rings. The van der Waals surface area contributed by atoms with Gasteiger partial charge in [-0.25, -0.2) is 0 Å². The summed E-state index contributed by atoms with van der Waals surface area (Å²) in [6.45, 7) is 11.7. The van der Waals surface area contributed by atoms with Crippen LogP contribution in [0.1, 0.15) is 117 Å². The second-order valence-electron chi connectivity index (χ2n) is 10.2. The summed E-state index contributed by atoms with van der Waals surface area (Å²) in [6, 6.07) is -0.258. The topological polar surface area (TPSA) is 93.2 Å². The highest BCUT2D eigenvalue weighted by atomic mass is 16.1. The molecule has 5 nitrogen and oxygen atoms in total. The molecule has 0 aromatic carbocycles. The van der Waals surface area contributed by atoms with E-state index in [0.717, 1.165) is 77.2 Å². The van der Waals surface area contributed by atoms with Gasteiger partial charge in [0.15, 0.2) is 0 Å². The predicted octanol–water partition coefficient (Wildman–Crippen LogP) is 5.47. The van der Waals surface area contributed by atoms with Crippen molar-refractivity contribution in [1.29, 1.82) is 0 Å². The van der Waals surface area contributed by atoms with E-state index < -0.39 is 0 Å². The molecule has 0 saturated carbocycles. The van der Waals surface area contributed by atoms with Gasteiger partial charge in [-0.3, -0.25) is 4.79 Å². The molecule has 0 aliphatic carbocycles. The highest BCUT2D eigenvalue weighted by Crippen LogP contribution is 2.12. The Bertz CT molecular complexity index is 463. The molecule has 0 aromatic rings. The lowest BCUT2D eigenvalue weighted by Gasteiger charge is -2.12. The normalized spacial score (nSPS) is 13.1. The highest BCUT2D eigenvalue weighted by molar-refractivity contribution is 5.83. The number of unbranched alkanes of at least 4 members (excludes halogenated alkanes) is 7. The number of Topliss-reactive ketones (excluding diaryl/α,β-unsaturated/α-hetero) is 1. The van der Waals surface area contributed by atoms with Crippen LogP contribution in [0.15, 0.2) is 11.6 Å². The summed E-state index contributed by atoms with van der Waals surface area (Å²) in [5.74, 6) is 1.03. The Balaban J connectivity index is 3.42. The Kier molecular flexibility index (Phi) is 23.8. The Hall–Kier alpha value is -0.750. The van der Waals surface area contributed by atoms with E-state index in [1.54, 1.807) is 0 Å². The molecular formula is C28H58N4O. The number of hydrogen-bond acceptors (Lipinski definition) is 5. The molecule has 0 unspecified atom stereocenters. The van der Waals surface area contributed by atoms with Crippen LogP contribution in [0.25, 0.3) is 0 Å². The number of carbonyl (C=O) groups excluding carboxylic acids is 1. The lowest BCUT2D eigenvalue weighted by atomic mass is 10.00. The van der Waals surface area contributed by atoms with Crippen molar-refractivity contribution in [3.8, 4) is 0 Å². The molecule has 6 N–H and O–H groups in total. The zero-order valence-corrected chi connectivity index (χ0v) is 22.4. The van der Waals surface area contributed by atoms with Gasteiger partial charge in [-0.1, -0.05) is 57.1 Å². The first kappa shape index (κ1) is 32.2. The van der Waals surface area contributed by atoms with E-state index in [2.05, 4.69) is 37.5 Å². The van der Waals surface area contributed by atoms with Gasteiger partial charge in [0.25, 0.3) is 0 Å². The van der Waals surface area contributed by atoms with Crippen LogP contribution in [0.4, 0.5) is 0 Å². The zero-order valence-electron chi connectivity index (χ0n) is 22.4. The molecule has 0 saturated heterocycles. The van der Waals surface area contributed by atoms with Crippen LogP contribution in [0.5, 0.6) is 0 Å². The molecular weight excluding hydrogens is 408 g/mol. The zero-order chi connectivity index (χ0) is 24.6. The fourth-order valence-corrected chi connectivity index (χ4v) is 4.02. The van der Waals surface area contributed by atoms with Gasteiger partial charge in [0.2, 0.25) is 0 Å². The van der Waals surface area contributed by atoms with Gasteiger partial charge in [-0.05, 0) is 104 Å². The van der Waals surface area contributed by atoms with E-state index in [-0.39, 0.29) is 11.8 Å². The molecule has 0 aromatic heterocycles. The monoisotopic (exact) mass is 466 g/mol. The van der Waals surface area contributed by atoms with Crippen LogP contribution >= 0.6 is 0 Å². The maximum absolute atomic E-state index is 12.2. The lowest BCUT2D eigenvalue weighted by Crippen LogP contribution is -2.30. The van der Waals surface area contributed by atoms with Crippen LogP contribution in [0.3, 0.4) is 0 Å². The summed E-state index contributed by atoms with van der Waals surface area (Å²) in [7, 11) is 0. The highest BCUT2D eigenvalue weighted by Gasteiger charge is 2.12. The summed E-state index contributed by atoms with van der Waals surface area (Å²) in [4.78, 5) is 12.2. The van der Waals surface area contributed by atoms with Crippen LogP contribution in [-0.4, -0.2) is 44.5 Å². The largest absolute Gasteiger partial charge is 0.330 e. The summed E-state index contributed by atoms with van der Waals surface area (Å²) in [6.07, 6.45) is 19.3. The standard InChI is InChI=1S/C28H58N4O/c1-25(2)15-13-16-26(3)19-24-32-22-12-10-17-27(30)28(33)18-9-7-5-4-6-8-11-21-31-23-14-20-29/h15,26-27,31-32H,4-14,16-24,29-30H2,1-3H3/t26-,27+/m1/s1. The molecule has 5 heteroatoms. The molecule has 196 valence electrons. The maximum Gasteiger partial charge on any atom is 0.149 e. The van der Waals surface area contributed by atoms with Crippen LogP contribution < -0.4 is 22.1 Å². The van der Waals surface area contributed by atoms with Gasteiger partial charge in [0.05, 0.1) is 6.04 Å². The Morgan fingerprint density at radius 2 is 1.33 bits per heavy atom. The summed E-state index contributed by atoms with van der Waals surface area (Å²) < 4.78 is 0. The first-order valence-electron chi connectivity index (χ1n) is 14.0. The first-order chi connectivity index (χ1) is 16.0. The first-order valence-corrected chi connectivity index (χ1v) is 14.0. The SMILES string of the molecule is CC(C)=CCC[C@@H](C)CCNCCCC[C@H](N)C(=O)CCCCCCCCCNCCCN. The molecule has 0 aliphatic heterocycles. The van der Waals surface area contributed by atoms with E-state index in [0.29, 0.717) is 6.42 Å². The predicted molar refractivity (Wildman–Crippen MR) is 146 cm³/mol. The van der Waals surface area contributed by atoms with Crippen LogP contribution in [-0.2, 0) is 4.79 Å². The van der Waals surface area contributed by atoms with Gasteiger partial charge in [-0.2, -0.15) is 0 Å². The molecule has 0 radical (unpaired) electrons. The average Bonchev–Trinajstić information content (AvgIpc) is 2.78. The quantitative estimate of drug-likeness (QED) is 0.106. The fraction of sp³-hybridized carbons (Fsp3) is 0.893. The number of nitrogens with two attached hydrogens (primary N) is 2. The molecule has 0 spiro atoms. The Morgan fingerprint density at radius 1 is 0.758 bits per heavy atom. The maximum atomic E-state index is 12.2. The van der Waals surface area contributed by atoms with Crippen molar-refractivity contribution in [2.75, 3.05) is 32.7 Å².